The Bertz CT molecular complexity index is 422. The van der Waals surface area contributed by atoms with Gasteiger partial charge < -0.3 is 4.74 Å². The zero-order valence-corrected chi connectivity index (χ0v) is 10.4. The van der Waals surface area contributed by atoms with Crippen molar-refractivity contribution in [2.45, 2.75) is 33.6 Å². The third-order valence-corrected chi connectivity index (χ3v) is 2.50. The van der Waals surface area contributed by atoms with Gasteiger partial charge in [-0.2, -0.15) is 0 Å². The number of carbonyl (C=O) groups is 2. The highest BCUT2D eigenvalue weighted by molar-refractivity contribution is 5.82. The van der Waals surface area contributed by atoms with E-state index in [0.717, 1.165) is 23.8 Å². The van der Waals surface area contributed by atoms with Gasteiger partial charge in [0.15, 0.2) is 0 Å². The summed E-state index contributed by atoms with van der Waals surface area (Å²) in [5, 5.41) is 0. The Morgan fingerprint density at radius 1 is 1.29 bits per heavy atom. The topological polar surface area (TPSA) is 43.4 Å². The van der Waals surface area contributed by atoms with E-state index in [1.807, 2.05) is 20.8 Å². The summed E-state index contributed by atoms with van der Waals surface area (Å²) in [6.45, 7) is 5.63. The number of aldehydes is 1. The molecule has 0 bridgehead atoms. The highest BCUT2D eigenvalue weighted by Gasteiger charge is 2.09. The molecule has 0 atom stereocenters. The second-order valence-electron chi connectivity index (χ2n) is 4.01. The molecule has 0 spiro atoms. The molecule has 17 heavy (non-hydrogen) atoms. The van der Waals surface area contributed by atoms with E-state index in [0.29, 0.717) is 17.7 Å². The molecule has 0 N–H and O–H groups in total. The summed E-state index contributed by atoms with van der Waals surface area (Å²) in [5.41, 5.74) is 2.22. The van der Waals surface area contributed by atoms with Crippen LogP contribution in [0.1, 0.15) is 41.3 Å². The zero-order chi connectivity index (χ0) is 12.8. The van der Waals surface area contributed by atoms with Gasteiger partial charge >= 0.3 is 5.97 Å². The third-order valence-electron chi connectivity index (χ3n) is 2.50. The SMILES string of the molecule is CCC[CH]C(=O)Oc1cc(C)c(C=O)cc1C. The van der Waals surface area contributed by atoms with Gasteiger partial charge in [0.1, 0.15) is 12.0 Å². The fraction of sp³-hybridized carbons (Fsp3) is 0.357. The molecule has 3 nitrogen and oxygen atoms in total. The quantitative estimate of drug-likeness (QED) is 0.446. The van der Waals surface area contributed by atoms with E-state index in [2.05, 4.69) is 0 Å². The molecule has 91 valence electrons. The van der Waals surface area contributed by atoms with Crippen LogP contribution in [0.4, 0.5) is 0 Å². The second-order valence-corrected chi connectivity index (χ2v) is 4.01. The van der Waals surface area contributed by atoms with E-state index >= 15 is 0 Å². The Kier molecular flexibility index (Phi) is 4.88. The van der Waals surface area contributed by atoms with E-state index in [1.54, 1.807) is 12.1 Å². The largest absolute Gasteiger partial charge is 0.426 e. The van der Waals surface area contributed by atoms with Gasteiger partial charge in [0.2, 0.25) is 0 Å². The van der Waals surface area contributed by atoms with Gasteiger partial charge in [-0.1, -0.05) is 13.3 Å². The molecule has 0 saturated carbocycles. The zero-order valence-electron chi connectivity index (χ0n) is 10.4. The maximum absolute atomic E-state index is 11.4. The lowest BCUT2D eigenvalue weighted by Crippen LogP contribution is -2.09. The molecule has 0 saturated heterocycles. The van der Waals surface area contributed by atoms with Crippen LogP contribution in [0.25, 0.3) is 0 Å². The Labute approximate surface area is 102 Å². The fourth-order valence-corrected chi connectivity index (χ4v) is 1.46. The fourth-order valence-electron chi connectivity index (χ4n) is 1.46. The van der Waals surface area contributed by atoms with Crippen molar-refractivity contribution in [3.05, 3.63) is 35.2 Å². The summed E-state index contributed by atoms with van der Waals surface area (Å²) in [5.74, 6) is 0.179. The number of rotatable bonds is 5. The van der Waals surface area contributed by atoms with Gasteiger partial charge in [0, 0.05) is 5.56 Å². The van der Waals surface area contributed by atoms with Crippen molar-refractivity contribution in [1.82, 2.24) is 0 Å². The molecule has 1 aromatic carbocycles. The van der Waals surface area contributed by atoms with Gasteiger partial charge in [0.05, 0.1) is 6.42 Å². The van der Waals surface area contributed by atoms with E-state index in [-0.39, 0.29) is 5.97 Å². The Balaban J connectivity index is 2.81. The van der Waals surface area contributed by atoms with E-state index in [4.69, 9.17) is 4.74 Å². The Morgan fingerprint density at radius 2 is 2.00 bits per heavy atom. The Hall–Kier alpha value is -1.64. The normalized spacial score (nSPS) is 10.1. The number of benzene rings is 1. The lowest BCUT2D eigenvalue weighted by molar-refractivity contribution is -0.130. The van der Waals surface area contributed by atoms with Crippen LogP contribution < -0.4 is 4.74 Å². The van der Waals surface area contributed by atoms with Crippen LogP contribution >= 0.6 is 0 Å². The highest BCUT2D eigenvalue weighted by atomic mass is 16.5. The van der Waals surface area contributed by atoms with Gasteiger partial charge in [0.25, 0.3) is 0 Å². The molecule has 0 amide bonds. The minimum atomic E-state index is -0.340. The van der Waals surface area contributed by atoms with Crippen LogP contribution in [0.5, 0.6) is 5.75 Å². The first-order valence-corrected chi connectivity index (χ1v) is 5.70. The summed E-state index contributed by atoms with van der Waals surface area (Å²) in [6, 6.07) is 3.45. The first-order valence-electron chi connectivity index (χ1n) is 5.70. The predicted octanol–water partition coefficient (Wildman–Crippen LogP) is 3.03. The maximum atomic E-state index is 11.4. The number of esters is 1. The Morgan fingerprint density at radius 3 is 2.59 bits per heavy atom. The summed E-state index contributed by atoms with van der Waals surface area (Å²) < 4.78 is 5.22. The van der Waals surface area contributed by atoms with E-state index < -0.39 is 0 Å². The van der Waals surface area contributed by atoms with Crippen molar-refractivity contribution in [3.63, 3.8) is 0 Å². The third kappa shape index (κ3) is 3.70. The number of hydrogen-bond donors (Lipinski definition) is 0. The van der Waals surface area contributed by atoms with E-state index in [1.165, 1.54) is 6.42 Å². The molecule has 0 aliphatic rings. The van der Waals surface area contributed by atoms with Crippen molar-refractivity contribution < 1.29 is 14.3 Å². The number of hydrogen-bond acceptors (Lipinski definition) is 3. The van der Waals surface area contributed by atoms with Gasteiger partial charge in [-0.15, -0.1) is 0 Å². The highest BCUT2D eigenvalue weighted by Crippen LogP contribution is 2.22. The number of ether oxygens (including phenoxy) is 1. The molecule has 0 heterocycles. The maximum Gasteiger partial charge on any atom is 0.315 e. The number of carbonyl (C=O) groups excluding carboxylic acids is 2. The smallest absolute Gasteiger partial charge is 0.315 e. The minimum Gasteiger partial charge on any atom is -0.426 e. The average molecular weight is 233 g/mol. The van der Waals surface area contributed by atoms with Crippen LogP contribution in [0.3, 0.4) is 0 Å². The lowest BCUT2D eigenvalue weighted by Gasteiger charge is -2.09. The molecule has 1 radical (unpaired) electrons. The van der Waals surface area contributed by atoms with Crippen LogP contribution in [0.2, 0.25) is 0 Å². The molecule has 1 rings (SSSR count). The summed E-state index contributed by atoms with van der Waals surface area (Å²) in [4.78, 5) is 22.2. The van der Waals surface area contributed by atoms with Crippen LogP contribution in [-0.2, 0) is 4.79 Å². The van der Waals surface area contributed by atoms with Crippen molar-refractivity contribution in [2.75, 3.05) is 0 Å². The number of aryl methyl sites for hydroxylation is 2. The molecular formula is C14H17O3. The predicted molar refractivity (Wildman–Crippen MR) is 66.1 cm³/mol. The first-order chi connectivity index (χ1) is 8.08. The van der Waals surface area contributed by atoms with Gasteiger partial charge in [-0.05, 0) is 43.5 Å². The van der Waals surface area contributed by atoms with Crippen molar-refractivity contribution in [3.8, 4) is 5.75 Å². The molecule has 1 aromatic rings. The summed E-state index contributed by atoms with van der Waals surface area (Å²) in [6.07, 6.45) is 3.96. The lowest BCUT2D eigenvalue weighted by atomic mass is 10.1. The van der Waals surface area contributed by atoms with Crippen LogP contribution in [0.15, 0.2) is 12.1 Å². The molecular weight excluding hydrogens is 216 g/mol. The van der Waals surface area contributed by atoms with Crippen molar-refractivity contribution in [1.29, 1.82) is 0 Å². The summed E-state index contributed by atoms with van der Waals surface area (Å²) in [7, 11) is 0. The molecule has 0 aliphatic heterocycles. The van der Waals surface area contributed by atoms with Crippen LogP contribution in [0, 0.1) is 20.3 Å². The van der Waals surface area contributed by atoms with Gasteiger partial charge in [-0.3, -0.25) is 9.59 Å². The average Bonchev–Trinajstić information content (AvgIpc) is 2.30. The minimum absolute atomic E-state index is 0.340. The summed E-state index contributed by atoms with van der Waals surface area (Å²) >= 11 is 0. The molecule has 0 aromatic heterocycles. The molecule has 0 aliphatic carbocycles. The monoisotopic (exact) mass is 233 g/mol. The number of unbranched alkanes of at least 4 members (excludes halogenated alkanes) is 1. The van der Waals surface area contributed by atoms with Crippen molar-refractivity contribution in [2.24, 2.45) is 0 Å². The standard InChI is InChI=1S/C14H17O3/c1-4-5-6-14(16)17-13-8-10(2)12(9-15)7-11(13)3/h6-9H,4-5H2,1-3H3. The van der Waals surface area contributed by atoms with Crippen molar-refractivity contribution >= 4 is 12.3 Å². The first kappa shape index (κ1) is 13.4. The van der Waals surface area contributed by atoms with E-state index in [9.17, 15) is 9.59 Å². The van der Waals surface area contributed by atoms with Crippen LogP contribution in [-0.4, -0.2) is 12.3 Å². The second kappa shape index (κ2) is 6.18. The van der Waals surface area contributed by atoms with Gasteiger partial charge in [-0.25, -0.2) is 0 Å². The molecule has 0 fully saturated rings. The molecule has 3 heteroatoms. The molecule has 0 unspecified atom stereocenters.